The predicted molar refractivity (Wildman–Crippen MR) is 114 cm³/mol. The normalized spacial score (nSPS) is 19.7. The Morgan fingerprint density at radius 2 is 1.85 bits per heavy atom. The summed E-state index contributed by atoms with van der Waals surface area (Å²) in [7, 11) is 1.88. The average Bonchev–Trinajstić information content (AvgIpc) is 3.51. The second kappa shape index (κ2) is 10.1. The van der Waals surface area contributed by atoms with Gasteiger partial charge in [-0.2, -0.15) is 0 Å². The largest absolute Gasteiger partial charge is 0.355 e. The Balaban J connectivity index is 1.35. The molecule has 0 aromatic heterocycles. The number of piperidine rings is 1. The third-order valence-electron chi connectivity index (χ3n) is 5.74. The number of guanidine groups is 1. The molecular weight excluding hydrogens is 334 g/mol. The molecule has 0 unspecified atom stereocenters. The van der Waals surface area contributed by atoms with Gasteiger partial charge in [-0.1, -0.05) is 30.3 Å². The van der Waals surface area contributed by atoms with E-state index in [1.54, 1.807) is 0 Å². The highest BCUT2D eigenvalue weighted by Gasteiger charge is 2.30. The van der Waals surface area contributed by atoms with Gasteiger partial charge in [0.1, 0.15) is 0 Å². The lowest BCUT2D eigenvalue weighted by Crippen LogP contribution is -2.50. The summed E-state index contributed by atoms with van der Waals surface area (Å²) in [5.41, 5.74) is 1.41. The average molecular weight is 372 g/mol. The van der Waals surface area contributed by atoms with Crippen LogP contribution in [-0.2, 0) is 6.54 Å². The molecular formula is C22H37N5. The number of nitrogens with zero attached hydrogens (tertiary/aromatic N) is 3. The molecule has 0 spiro atoms. The van der Waals surface area contributed by atoms with Crippen molar-refractivity contribution in [2.24, 2.45) is 4.99 Å². The third-order valence-corrected chi connectivity index (χ3v) is 5.74. The van der Waals surface area contributed by atoms with Crippen molar-refractivity contribution in [1.29, 1.82) is 0 Å². The third kappa shape index (κ3) is 6.51. The Labute approximate surface area is 165 Å². The Morgan fingerprint density at radius 3 is 2.44 bits per heavy atom. The lowest BCUT2D eigenvalue weighted by atomic mass is 10.0. The molecule has 0 amide bonds. The maximum absolute atomic E-state index is 4.43. The van der Waals surface area contributed by atoms with Gasteiger partial charge in [0, 0.05) is 57.9 Å². The van der Waals surface area contributed by atoms with E-state index in [2.05, 4.69) is 69.6 Å². The highest BCUT2D eigenvalue weighted by Crippen LogP contribution is 2.27. The van der Waals surface area contributed by atoms with Gasteiger partial charge in [0.15, 0.2) is 5.96 Å². The van der Waals surface area contributed by atoms with Crippen molar-refractivity contribution in [1.82, 2.24) is 20.4 Å². The zero-order chi connectivity index (χ0) is 19.1. The van der Waals surface area contributed by atoms with Gasteiger partial charge in [-0.15, -0.1) is 0 Å². The van der Waals surface area contributed by atoms with Crippen LogP contribution in [0.3, 0.4) is 0 Å². The Hall–Kier alpha value is -1.59. The van der Waals surface area contributed by atoms with Crippen molar-refractivity contribution in [2.45, 2.75) is 64.2 Å². The minimum absolute atomic E-state index is 0.521. The SMILES string of the molecule is CN=C(NCCN(C(C)C)C1CC1)NC1CCN(Cc2ccccc2)CC1. The molecule has 0 radical (unpaired) electrons. The summed E-state index contributed by atoms with van der Waals surface area (Å²) in [5.74, 6) is 0.955. The van der Waals surface area contributed by atoms with Crippen LogP contribution in [-0.4, -0.2) is 67.1 Å². The van der Waals surface area contributed by atoms with Crippen molar-refractivity contribution in [3.8, 4) is 0 Å². The first kappa shape index (κ1) is 20.2. The summed E-state index contributed by atoms with van der Waals surface area (Å²) in [5, 5.41) is 7.15. The van der Waals surface area contributed by atoms with E-state index in [-0.39, 0.29) is 0 Å². The quantitative estimate of drug-likeness (QED) is 0.545. The van der Waals surface area contributed by atoms with E-state index >= 15 is 0 Å². The van der Waals surface area contributed by atoms with Crippen LogP contribution in [0, 0.1) is 0 Å². The van der Waals surface area contributed by atoms with Crippen LogP contribution in [0.15, 0.2) is 35.3 Å². The van der Waals surface area contributed by atoms with Gasteiger partial charge in [0.05, 0.1) is 0 Å². The summed E-state index contributed by atoms with van der Waals surface area (Å²) in [6.07, 6.45) is 5.08. The molecule has 1 aliphatic carbocycles. The smallest absolute Gasteiger partial charge is 0.191 e. The molecule has 0 atom stereocenters. The van der Waals surface area contributed by atoms with E-state index < -0.39 is 0 Å². The zero-order valence-corrected chi connectivity index (χ0v) is 17.3. The Kier molecular flexibility index (Phi) is 7.53. The second-order valence-corrected chi connectivity index (χ2v) is 8.24. The van der Waals surface area contributed by atoms with Gasteiger partial charge < -0.3 is 10.6 Å². The maximum atomic E-state index is 4.43. The van der Waals surface area contributed by atoms with Crippen molar-refractivity contribution < 1.29 is 0 Å². The molecule has 5 nitrogen and oxygen atoms in total. The molecule has 1 heterocycles. The highest BCUT2D eigenvalue weighted by molar-refractivity contribution is 5.79. The number of likely N-dealkylation sites (tertiary alicyclic amines) is 1. The van der Waals surface area contributed by atoms with E-state index in [4.69, 9.17) is 0 Å². The molecule has 150 valence electrons. The lowest BCUT2D eigenvalue weighted by Gasteiger charge is -2.33. The van der Waals surface area contributed by atoms with Crippen LogP contribution in [0.2, 0.25) is 0 Å². The monoisotopic (exact) mass is 371 g/mol. The molecule has 0 bridgehead atoms. The number of aliphatic imine (C=N–C) groups is 1. The Bertz CT molecular complexity index is 572. The van der Waals surface area contributed by atoms with Crippen LogP contribution in [0.4, 0.5) is 0 Å². The molecule has 5 heteroatoms. The molecule has 1 saturated carbocycles. The minimum atomic E-state index is 0.521. The summed E-state index contributed by atoms with van der Waals surface area (Å²) < 4.78 is 0. The fourth-order valence-corrected chi connectivity index (χ4v) is 4.04. The number of nitrogens with one attached hydrogen (secondary N) is 2. The molecule has 1 saturated heterocycles. The van der Waals surface area contributed by atoms with Gasteiger partial charge in [0.2, 0.25) is 0 Å². The van der Waals surface area contributed by atoms with Crippen molar-refractivity contribution >= 4 is 5.96 Å². The molecule has 1 aromatic carbocycles. The fraction of sp³-hybridized carbons (Fsp3) is 0.682. The molecule has 2 aliphatic rings. The van der Waals surface area contributed by atoms with Crippen molar-refractivity contribution in [3.63, 3.8) is 0 Å². The maximum Gasteiger partial charge on any atom is 0.191 e. The fourth-order valence-electron chi connectivity index (χ4n) is 4.04. The Morgan fingerprint density at radius 1 is 1.15 bits per heavy atom. The van der Waals surface area contributed by atoms with Crippen LogP contribution < -0.4 is 10.6 Å². The van der Waals surface area contributed by atoms with E-state index in [1.165, 1.54) is 31.2 Å². The number of hydrogen-bond donors (Lipinski definition) is 2. The summed E-state index contributed by atoms with van der Waals surface area (Å²) >= 11 is 0. The first-order valence-electron chi connectivity index (χ1n) is 10.6. The van der Waals surface area contributed by atoms with Crippen molar-refractivity contribution in [2.75, 3.05) is 33.2 Å². The van der Waals surface area contributed by atoms with E-state index in [0.717, 1.165) is 44.7 Å². The van der Waals surface area contributed by atoms with Crippen LogP contribution in [0.25, 0.3) is 0 Å². The number of rotatable bonds is 8. The molecule has 27 heavy (non-hydrogen) atoms. The van der Waals surface area contributed by atoms with Gasteiger partial charge in [-0.25, -0.2) is 0 Å². The summed E-state index contributed by atoms with van der Waals surface area (Å²) in [4.78, 5) is 9.60. The van der Waals surface area contributed by atoms with Crippen molar-refractivity contribution in [3.05, 3.63) is 35.9 Å². The molecule has 2 fully saturated rings. The highest BCUT2D eigenvalue weighted by atomic mass is 15.2. The standard InChI is InChI=1S/C22H37N5/c1-18(2)27(21-9-10-21)16-13-24-22(23-3)25-20-11-14-26(15-12-20)17-19-7-5-4-6-8-19/h4-8,18,20-21H,9-17H2,1-3H3,(H2,23,24,25). The van der Waals surface area contributed by atoms with E-state index in [1.807, 2.05) is 7.05 Å². The number of benzene rings is 1. The number of hydrogen-bond acceptors (Lipinski definition) is 3. The van der Waals surface area contributed by atoms with Crippen LogP contribution in [0.5, 0.6) is 0 Å². The lowest BCUT2D eigenvalue weighted by molar-refractivity contribution is 0.198. The molecule has 1 aliphatic heterocycles. The zero-order valence-electron chi connectivity index (χ0n) is 17.3. The molecule has 2 N–H and O–H groups in total. The van der Waals surface area contributed by atoms with Gasteiger partial charge in [-0.05, 0) is 45.1 Å². The predicted octanol–water partition coefficient (Wildman–Crippen LogP) is 2.69. The van der Waals surface area contributed by atoms with Crippen LogP contribution >= 0.6 is 0 Å². The topological polar surface area (TPSA) is 42.9 Å². The summed E-state index contributed by atoms with van der Waals surface area (Å²) in [6.45, 7) is 10.0. The van der Waals surface area contributed by atoms with Crippen LogP contribution in [0.1, 0.15) is 45.1 Å². The van der Waals surface area contributed by atoms with Gasteiger partial charge in [-0.3, -0.25) is 14.8 Å². The van der Waals surface area contributed by atoms with Gasteiger partial charge >= 0.3 is 0 Å². The van der Waals surface area contributed by atoms with E-state index in [0.29, 0.717) is 12.1 Å². The first-order chi connectivity index (χ1) is 13.2. The molecule has 1 aromatic rings. The molecule has 3 rings (SSSR count). The van der Waals surface area contributed by atoms with Gasteiger partial charge in [0.25, 0.3) is 0 Å². The first-order valence-corrected chi connectivity index (χ1v) is 10.6. The second-order valence-electron chi connectivity index (χ2n) is 8.24. The minimum Gasteiger partial charge on any atom is -0.355 e. The van der Waals surface area contributed by atoms with E-state index in [9.17, 15) is 0 Å². The summed E-state index contributed by atoms with van der Waals surface area (Å²) in [6, 6.07) is 12.7.